The number of rotatable bonds is 9. The number of aromatic hydroxyl groups is 1. The number of nitrogens with one attached hydrogen (secondary N) is 2. The van der Waals surface area contributed by atoms with Gasteiger partial charge < -0.3 is 25.4 Å². The maximum absolute atomic E-state index is 14.3. The topological polar surface area (TPSA) is 108 Å². The van der Waals surface area contributed by atoms with Crippen molar-refractivity contribution in [3.05, 3.63) is 29.8 Å². The number of alkyl carbamates (subject to hydrolysis) is 1. The van der Waals surface area contributed by atoms with Crippen LogP contribution in [0.4, 0.5) is 4.79 Å². The van der Waals surface area contributed by atoms with Gasteiger partial charge in [0.15, 0.2) is 0 Å². The molecule has 1 aromatic carbocycles. The van der Waals surface area contributed by atoms with E-state index in [2.05, 4.69) is 10.6 Å². The van der Waals surface area contributed by atoms with Crippen molar-refractivity contribution in [1.82, 2.24) is 15.5 Å². The molecule has 2 aliphatic carbocycles. The number of phenolic OH excluding ortho intramolecular Hbond substituents is 1. The molecule has 3 rings (SSSR count). The fourth-order valence-corrected chi connectivity index (χ4v) is 5.08. The molecule has 2 fully saturated rings. The Morgan fingerprint density at radius 1 is 1.03 bits per heavy atom. The fraction of sp³-hybridized carbons (Fsp3) is 0.690. The van der Waals surface area contributed by atoms with E-state index in [0.29, 0.717) is 12.0 Å². The van der Waals surface area contributed by atoms with Gasteiger partial charge in [-0.1, -0.05) is 51.7 Å². The minimum atomic E-state index is -0.854. The van der Waals surface area contributed by atoms with Crippen molar-refractivity contribution in [3.63, 3.8) is 0 Å². The van der Waals surface area contributed by atoms with Crippen molar-refractivity contribution in [2.24, 2.45) is 5.92 Å². The maximum atomic E-state index is 14.3. The molecule has 3 unspecified atom stereocenters. The van der Waals surface area contributed by atoms with Crippen molar-refractivity contribution >= 4 is 17.9 Å². The summed E-state index contributed by atoms with van der Waals surface area (Å²) in [6.45, 7) is 9.25. The van der Waals surface area contributed by atoms with Gasteiger partial charge in [0.05, 0.1) is 0 Å². The van der Waals surface area contributed by atoms with E-state index in [9.17, 15) is 19.5 Å². The summed E-state index contributed by atoms with van der Waals surface area (Å²) in [6, 6.07) is 4.81. The quantitative estimate of drug-likeness (QED) is 0.419. The van der Waals surface area contributed by atoms with E-state index in [1.165, 1.54) is 6.42 Å². The van der Waals surface area contributed by atoms with Crippen LogP contribution in [0.5, 0.6) is 5.75 Å². The lowest BCUT2D eigenvalue weighted by Crippen LogP contribution is -2.59. The lowest BCUT2D eigenvalue weighted by atomic mass is 9.86. The van der Waals surface area contributed by atoms with Crippen LogP contribution in [0.1, 0.15) is 104 Å². The minimum absolute atomic E-state index is 0.0875. The molecule has 0 radical (unpaired) electrons. The third-order valence-corrected chi connectivity index (χ3v) is 7.56. The minimum Gasteiger partial charge on any atom is -0.508 e. The monoisotopic (exact) mass is 515 g/mol. The standard InChI is InChI=1S/C29H45N3O5/c1-6-19(2)24(31-28(36)37-29(3,4)5)27(35)32(22-13-10-14-22)25(20-15-17-23(33)18-16-20)26(34)30-21-11-8-7-9-12-21/h15-19,21-22,24-25,33H,6-14H2,1-5H3,(H,30,34)(H,31,36). The van der Waals surface area contributed by atoms with Crippen LogP contribution < -0.4 is 10.6 Å². The molecule has 2 saturated carbocycles. The predicted molar refractivity (Wildman–Crippen MR) is 143 cm³/mol. The first-order valence-corrected chi connectivity index (χ1v) is 13.9. The number of nitrogens with zero attached hydrogens (tertiary/aromatic N) is 1. The maximum Gasteiger partial charge on any atom is 0.408 e. The lowest BCUT2D eigenvalue weighted by molar-refractivity contribution is -0.148. The summed E-state index contributed by atoms with van der Waals surface area (Å²) in [5, 5.41) is 15.9. The van der Waals surface area contributed by atoms with Gasteiger partial charge in [0.25, 0.3) is 0 Å². The van der Waals surface area contributed by atoms with Crippen molar-refractivity contribution in [1.29, 1.82) is 0 Å². The highest BCUT2D eigenvalue weighted by Gasteiger charge is 2.43. The molecule has 3 amide bonds. The molecule has 8 nitrogen and oxygen atoms in total. The summed E-state index contributed by atoms with van der Waals surface area (Å²) >= 11 is 0. The highest BCUT2D eigenvalue weighted by molar-refractivity contribution is 5.92. The van der Waals surface area contributed by atoms with Gasteiger partial charge in [-0.25, -0.2) is 4.79 Å². The van der Waals surface area contributed by atoms with Gasteiger partial charge in [0.1, 0.15) is 23.4 Å². The van der Waals surface area contributed by atoms with Crippen LogP contribution >= 0.6 is 0 Å². The first-order chi connectivity index (χ1) is 17.5. The SMILES string of the molecule is CCC(C)C(NC(=O)OC(C)(C)C)C(=O)N(C1CCC1)C(C(=O)NC1CCCCC1)c1ccc(O)cc1. The van der Waals surface area contributed by atoms with Crippen molar-refractivity contribution in [2.75, 3.05) is 0 Å². The summed E-state index contributed by atoms with van der Waals surface area (Å²) in [5.41, 5.74) is -0.0542. The second kappa shape index (κ2) is 12.7. The molecule has 0 bridgehead atoms. The fourth-order valence-electron chi connectivity index (χ4n) is 5.08. The van der Waals surface area contributed by atoms with E-state index >= 15 is 0 Å². The van der Waals surface area contributed by atoms with E-state index < -0.39 is 23.8 Å². The highest BCUT2D eigenvalue weighted by atomic mass is 16.6. The third-order valence-electron chi connectivity index (χ3n) is 7.56. The Morgan fingerprint density at radius 2 is 1.65 bits per heavy atom. The summed E-state index contributed by atoms with van der Waals surface area (Å²) in [4.78, 5) is 42.6. The number of carbonyl (C=O) groups is 3. The van der Waals surface area contributed by atoms with E-state index in [0.717, 1.165) is 44.9 Å². The summed E-state index contributed by atoms with van der Waals surface area (Å²) in [7, 11) is 0. The van der Waals surface area contributed by atoms with Crippen LogP contribution in [0.25, 0.3) is 0 Å². The second-order valence-corrected chi connectivity index (χ2v) is 11.7. The summed E-state index contributed by atoms with van der Waals surface area (Å²) in [5.74, 6) is -0.551. The molecule has 8 heteroatoms. The molecular formula is C29H45N3O5. The Labute approximate surface area is 221 Å². The Balaban J connectivity index is 1.96. The predicted octanol–water partition coefficient (Wildman–Crippen LogP) is 5.20. The van der Waals surface area contributed by atoms with Crippen molar-refractivity contribution < 1.29 is 24.2 Å². The van der Waals surface area contributed by atoms with Crippen molar-refractivity contribution in [3.8, 4) is 5.75 Å². The lowest BCUT2D eigenvalue weighted by Gasteiger charge is -2.44. The zero-order chi connectivity index (χ0) is 27.2. The third kappa shape index (κ3) is 7.86. The average Bonchev–Trinajstić information content (AvgIpc) is 2.80. The number of hydrogen-bond donors (Lipinski definition) is 3. The molecule has 0 spiro atoms. The zero-order valence-electron chi connectivity index (χ0n) is 23.1. The number of ether oxygens (including phenoxy) is 1. The molecule has 1 aromatic rings. The van der Waals surface area contributed by atoms with Crippen LogP contribution in [0.3, 0.4) is 0 Å². The smallest absolute Gasteiger partial charge is 0.408 e. The second-order valence-electron chi connectivity index (χ2n) is 11.7. The average molecular weight is 516 g/mol. The Bertz CT molecular complexity index is 916. The Kier molecular flexibility index (Phi) is 9.85. The van der Waals surface area contributed by atoms with Gasteiger partial charge >= 0.3 is 6.09 Å². The van der Waals surface area contributed by atoms with E-state index in [1.807, 2.05) is 13.8 Å². The van der Waals surface area contributed by atoms with Gasteiger partial charge in [-0.05, 0) is 76.5 Å². The number of carbonyl (C=O) groups excluding carboxylic acids is 3. The van der Waals surface area contributed by atoms with Crippen LogP contribution in [0.2, 0.25) is 0 Å². The van der Waals surface area contributed by atoms with E-state index in [1.54, 1.807) is 49.9 Å². The van der Waals surface area contributed by atoms with E-state index in [-0.39, 0.29) is 35.6 Å². The highest BCUT2D eigenvalue weighted by Crippen LogP contribution is 2.35. The first-order valence-electron chi connectivity index (χ1n) is 13.9. The van der Waals surface area contributed by atoms with E-state index in [4.69, 9.17) is 4.74 Å². The molecule has 0 saturated heterocycles. The van der Waals surface area contributed by atoms with Crippen LogP contribution in [0, 0.1) is 5.92 Å². The number of hydrogen-bond acceptors (Lipinski definition) is 5. The number of amides is 3. The van der Waals surface area contributed by atoms with Gasteiger partial charge in [-0.3, -0.25) is 9.59 Å². The molecule has 3 N–H and O–H groups in total. The molecule has 3 atom stereocenters. The van der Waals surface area contributed by atoms with Gasteiger partial charge in [0.2, 0.25) is 11.8 Å². The normalized spacial score (nSPS) is 19.2. The molecule has 0 aromatic heterocycles. The summed E-state index contributed by atoms with van der Waals surface area (Å²) < 4.78 is 5.47. The Hall–Kier alpha value is -2.77. The van der Waals surface area contributed by atoms with Crippen LogP contribution in [0.15, 0.2) is 24.3 Å². The number of benzene rings is 1. The molecule has 206 valence electrons. The molecule has 0 heterocycles. The molecule has 0 aliphatic heterocycles. The molecule has 37 heavy (non-hydrogen) atoms. The van der Waals surface area contributed by atoms with Gasteiger partial charge in [0, 0.05) is 12.1 Å². The number of phenols is 1. The van der Waals surface area contributed by atoms with Crippen molar-refractivity contribution in [2.45, 2.75) is 122 Å². The Morgan fingerprint density at radius 3 is 2.16 bits per heavy atom. The summed E-state index contributed by atoms with van der Waals surface area (Å²) in [6.07, 6.45) is 7.80. The zero-order valence-corrected chi connectivity index (χ0v) is 23.1. The molecule has 2 aliphatic rings. The van der Waals surface area contributed by atoms with Gasteiger partial charge in [-0.2, -0.15) is 0 Å². The van der Waals surface area contributed by atoms with Crippen LogP contribution in [-0.2, 0) is 14.3 Å². The largest absolute Gasteiger partial charge is 0.508 e. The first kappa shape index (κ1) is 28.8. The van der Waals surface area contributed by atoms with Gasteiger partial charge in [-0.15, -0.1) is 0 Å². The molecular weight excluding hydrogens is 470 g/mol. The van der Waals surface area contributed by atoms with Crippen LogP contribution in [-0.4, -0.2) is 51.6 Å².